The van der Waals surface area contributed by atoms with Crippen molar-refractivity contribution >= 4 is 11.7 Å². The summed E-state index contributed by atoms with van der Waals surface area (Å²) in [5.74, 6) is 1.01. The highest BCUT2D eigenvalue weighted by molar-refractivity contribution is 5.80. The minimum Gasteiger partial charge on any atom is -0.409 e. The van der Waals surface area contributed by atoms with Crippen molar-refractivity contribution < 1.29 is 9.94 Å². The quantitative estimate of drug-likeness (QED) is 0.315. The Morgan fingerprint density at radius 1 is 1.50 bits per heavy atom. The Bertz CT molecular complexity index is 397. The summed E-state index contributed by atoms with van der Waals surface area (Å²) in [4.78, 5) is 10.3. The normalized spacial score (nSPS) is 11.6. The molecule has 0 spiro atoms. The summed E-state index contributed by atoms with van der Waals surface area (Å²) >= 11 is 0. The van der Waals surface area contributed by atoms with Crippen molar-refractivity contribution in [2.75, 3.05) is 31.7 Å². The fraction of sp³-hybridized carbons (Fsp3) is 0.545. The number of rotatable bonds is 7. The Hall–Kier alpha value is -1.89. The second-order valence-electron chi connectivity index (χ2n) is 3.84. The molecule has 0 aromatic carbocycles. The first-order chi connectivity index (χ1) is 8.67. The van der Waals surface area contributed by atoms with Crippen molar-refractivity contribution in [3.63, 3.8) is 0 Å². The van der Waals surface area contributed by atoms with Crippen LogP contribution in [-0.4, -0.2) is 47.8 Å². The largest absolute Gasteiger partial charge is 0.409 e. The van der Waals surface area contributed by atoms with E-state index >= 15 is 0 Å². The van der Waals surface area contributed by atoms with Gasteiger partial charge in [0.1, 0.15) is 18.0 Å². The van der Waals surface area contributed by atoms with E-state index in [0.29, 0.717) is 26.1 Å². The highest BCUT2D eigenvalue weighted by Crippen LogP contribution is 2.10. The maximum atomic E-state index is 8.53. The average molecular weight is 253 g/mol. The molecule has 1 aromatic heterocycles. The molecule has 0 aliphatic heterocycles. The van der Waals surface area contributed by atoms with Crippen molar-refractivity contribution in [1.29, 1.82) is 0 Å². The van der Waals surface area contributed by atoms with E-state index in [4.69, 9.17) is 15.7 Å². The zero-order chi connectivity index (χ0) is 13.4. The second-order valence-corrected chi connectivity index (χ2v) is 3.84. The zero-order valence-electron chi connectivity index (χ0n) is 10.7. The van der Waals surface area contributed by atoms with Crippen LogP contribution in [0.1, 0.15) is 12.1 Å². The van der Waals surface area contributed by atoms with Crippen molar-refractivity contribution in [2.45, 2.75) is 13.3 Å². The van der Waals surface area contributed by atoms with Gasteiger partial charge in [0.2, 0.25) is 0 Å². The summed E-state index contributed by atoms with van der Waals surface area (Å²) < 4.78 is 5.06. The molecule has 18 heavy (non-hydrogen) atoms. The van der Waals surface area contributed by atoms with Gasteiger partial charge in [0.05, 0.1) is 6.61 Å². The second kappa shape index (κ2) is 7.44. The predicted molar refractivity (Wildman–Crippen MR) is 68.9 cm³/mol. The summed E-state index contributed by atoms with van der Waals surface area (Å²) in [6.07, 6.45) is 1.98. The van der Waals surface area contributed by atoms with Gasteiger partial charge < -0.3 is 20.6 Å². The smallest absolute Gasteiger partial charge is 0.140 e. The van der Waals surface area contributed by atoms with Crippen LogP contribution in [0, 0.1) is 6.92 Å². The van der Waals surface area contributed by atoms with E-state index in [1.165, 1.54) is 6.33 Å². The molecular weight excluding hydrogens is 234 g/mol. The molecule has 0 aliphatic rings. The summed E-state index contributed by atoms with van der Waals surface area (Å²) in [6, 6.07) is 1.89. The van der Waals surface area contributed by atoms with Gasteiger partial charge in [-0.25, -0.2) is 9.97 Å². The highest BCUT2D eigenvalue weighted by Gasteiger charge is 2.09. The number of nitrogens with zero attached hydrogens (tertiary/aromatic N) is 4. The molecule has 1 rings (SSSR count). The molecule has 7 nitrogen and oxygen atoms in total. The monoisotopic (exact) mass is 253 g/mol. The van der Waals surface area contributed by atoms with E-state index < -0.39 is 0 Å². The number of nitrogens with two attached hydrogens (primary N) is 1. The predicted octanol–water partition coefficient (Wildman–Crippen LogP) is 0.374. The standard InChI is InChI=1S/C11H19N5O2/c1-9-7-11(14-8-13-9)16(5-6-18-2)4-3-10(12)15-17/h7-8,17H,3-6H2,1-2H3,(H2,12,15). The molecule has 0 fully saturated rings. The van der Waals surface area contributed by atoms with Crippen LogP contribution in [0.2, 0.25) is 0 Å². The van der Waals surface area contributed by atoms with Crippen molar-refractivity contribution in [3.05, 3.63) is 18.1 Å². The number of hydrogen-bond donors (Lipinski definition) is 2. The van der Waals surface area contributed by atoms with Crippen molar-refractivity contribution in [3.8, 4) is 0 Å². The number of methoxy groups -OCH3 is 1. The van der Waals surface area contributed by atoms with Gasteiger partial charge in [0.25, 0.3) is 0 Å². The Labute approximate surface area is 106 Å². The van der Waals surface area contributed by atoms with E-state index in [-0.39, 0.29) is 5.84 Å². The molecule has 0 radical (unpaired) electrons. The third-order valence-corrected chi connectivity index (χ3v) is 2.44. The van der Waals surface area contributed by atoms with Crippen LogP contribution in [0.5, 0.6) is 0 Å². The van der Waals surface area contributed by atoms with Gasteiger partial charge in [-0.3, -0.25) is 0 Å². The van der Waals surface area contributed by atoms with E-state index in [0.717, 1.165) is 11.5 Å². The Morgan fingerprint density at radius 2 is 2.28 bits per heavy atom. The topological polar surface area (TPSA) is 96.9 Å². The van der Waals surface area contributed by atoms with Crippen LogP contribution in [0.25, 0.3) is 0 Å². The van der Waals surface area contributed by atoms with Crippen molar-refractivity contribution in [2.24, 2.45) is 10.9 Å². The van der Waals surface area contributed by atoms with Crippen LogP contribution < -0.4 is 10.6 Å². The molecular formula is C11H19N5O2. The maximum Gasteiger partial charge on any atom is 0.140 e. The average Bonchev–Trinajstić information content (AvgIpc) is 2.38. The van der Waals surface area contributed by atoms with Gasteiger partial charge in [-0.2, -0.15) is 0 Å². The zero-order valence-corrected chi connectivity index (χ0v) is 10.7. The molecule has 0 unspecified atom stereocenters. The lowest BCUT2D eigenvalue weighted by Gasteiger charge is -2.23. The number of oxime groups is 1. The summed E-state index contributed by atoms with van der Waals surface area (Å²) in [5.41, 5.74) is 6.36. The van der Waals surface area contributed by atoms with Crippen LogP contribution in [0.3, 0.4) is 0 Å². The molecule has 1 heterocycles. The molecule has 100 valence electrons. The molecule has 0 atom stereocenters. The molecule has 3 N–H and O–H groups in total. The number of aryl methyl sites for hydroxylation is 1. The van der Waals surface area contributed by atoms with E-state index in [1.54, 1.807) is 7.11 Å². The van der Waals surface area contributed by atoms with Gasteiger partial charge >= 0.3 is 0 Å². The minimum atomic E-state index is 0.197. The van der Waals surface area contributed by atoms with Gasteiger partial charge in [-0.05, 0) is 6.92 Å². The van der Waals surface area contributed by atoms with Crippen LogP contribution >= 0.6 is 0 Å². The summed E-state index contributed by atoms with van der Waals surface area (Å²) in [5, 5.41) is 11.5. The highest BCUT2D eigenvalue weighted by atomic mass is 16.5. The van der Waals surface area contributed by atoms with Crippen LogP contribution in [-0.2, 0) is 4.74 Å². The van der Waals surface area contributed by atoms with E-state index in [1.807, 2.05) is 17.9 Å². The minimum absolute atomic E-state index is 0.197. The van der Waals surface area contributed by atoms with E-state index in [2.05, 4.69) is 15.1 Å². The fourth-order valence-electron chi connectivity index (χ4n) is 1.46. The van der Waals surface area contributed by atoms with Gasteiger partial charge in [0, 0.05) is 38.4 Å². The summed E-state index contributed by atoms with van der Waals surface area (Å²) in [7, 11) is 1.65. The third kappa shape index (κ3) is 4.54. The number of anilines is 1. The first-order valence-corrected chi connectivity index (χ1v) is 5.66. The lowest BCUT2D eigenvalue weighted by molar-refractivity contribution is 0.205. The Kier molecular flexibility index (Phi) is 5.86. The van der Waals surface area contributed by atoms with Crippen LogP contribution in [0.15, 0.2) is 17.5 Å². The molecule has 0 saturated carbocycles. The van der Waals surface area contributed by atoms with Gasteiger partial charge in [-0.1, -0.05) is 5.16 Å². The number of hydrogen-bond acceptors (Lipinski definition) is 6. The number of aromatic nitrogens is 2. The summed E-state index contributed by atoms with van der Waals surface area (Å²) in [6.45, 7) is 3.78. The van der Waals surface area contributed by atoms with Crippen molar-refractivity contribution in [1.82, 2.24) is 9.97 Å². The van der Waals surface area contributed by atoms with E-state index in [9.17, 15) is 0 Å². The Balaban J connectivity index is 2.71. The first-order valence-electron chi connectivity index (χ1n) is 5.66. The molecule has 0 amide bonds. The molecule has 1 aromatic rings. The Morgan fingerprint density at radius 3 is 2.89 bits per heavy atom. The molecule has 0 saturated heterocycles. The lowest BCUT2D eigenvalue weighted by Crippen LogP contribution is -2.31. The van der Waals surface area contributed by atoms with Gasteiger partial charge in [0.15, 0.2) is 0 Å². The fourth-order valence-corrected chi connectivity index (χ4v) is 1.46. The molecule has 0 aliphatic carbocycles. The van der Waals surface area contributed by atoms with Gasteiger partial charge in [-0.15, -0.1) is 0 Å². The number of ether oxygens (including phenoxy) is 1. The maximum absolute atomic E-state index is 8.53. The number of amidine groups is 1. The molecule has 7 heteroatoms. The van der Waals surface area contributed by atoms with Crippen LogP contribution in [0.4, 0.5) is 5.82 Å². The first kappa shape index (κ1) is 14.2. The lowest BCUT2D eigenvalue weighted by atomic mass is 10.3. The SMILES string of the molecule is COCCN(CCC(N)=NO)c1cc(C)ncn1. The molecule has 0 bridgehead atoms. The third-order valence-electron chi connectivity index (χ3n) is 2.44.